The molecule has 2 heterocycles. The van der Waals surface area contributed by atoms with Gasteiger partial charge in [-0.3, -0.25) is 4.79 Å². The zero-order valence-corrected chi connectivity index (χ0v) is 13.0. The van der Waals surface area contributed by atoms with E-state index in [1.165, 1.54) is 0 Å². The number of aromatic nitrogens is 3. The van der Waals surface area contributed by atoms with Crippen LogP contribution in [0.15, 0.2) is 48.7 Å². The molecule has 2 aliphatic rings. The van der Waals surface area contributed by atoms with Gasteiger partial charge in [0.15, 0.2) is 0 Å². The van der Waals surface area contributed by atoms with Crippen molar-refractivity contribution in [1.29, 1.82) is 0 Å². The van der Waals surface area contributed by atoms with Crippen LogP contribution >= 0.6 is 0 Å². The van der Waals surface area contributed by atoms with Crippen molar-refractivity contribution in [1.82, 2.24) is 19.9 Å². The molecule has 0 saturated carbocycles. The molecule has 1 amide bonds. The van der Waals surface area contributed by atoms with E-state index in [0.717, 1.165) is 43.6 Å². The fraction of sp³-hybridized carbons (Fsp3) is 0.389. The molecule has 2 aromatic rings. The van der Waals surface area contributed by atoms with Crippen LogP contribution < -0.4 is 0 Å². The largest absolute Gasteiger partial charge is 0.338 e. The smallest absolute Gasteiger partial charge is 0.226 e. The Hall–Kier alpha value is -2.43. The SMILES string of the molecule is O=C(C1CC=CCC1)N1CC(n2cc(-c3ccccc3)nn2)C1. The summed E-state index contributed by atoms with van der Waals surface area (Å²) in [4.78, 5) is 14.4. The minimum Gasteiger partial charge on any atom is -0.338 e. The Morgan fingerprint density at radius 1 is 1.13 bits per heavy atom. The summed E-state index contributed by atoms with van der Waals surface area (Å²) in [5, 5.41) is 8.49. The maximum Gasteiger partial charge on any atom is 0.226 e. The molecule has 1 aromatic heterocycles. The van der Waals surface area contributed by atoms with Crippen molar-refractivity contribution in [3.63, 3.8) is 0 Å². The summed E-state index contributed by atoms with van der Waals surface area (Å²) in [5.74, 6) is 0.477. The number of allylic oxidation sites excluding steroid dienone is 2. The lowest BCUT2D eigenvalue weighted by Crippen LogP contribution is -2.52. The molecule has 23 heavy (non-hydrogen) atoms. The van der Waals surface area contributed by atoms with Crippen LogP contribution in [0, 0.1) is 5.92 Å². The second-order valence-electron chi connectivity index (χ2n) is 6.33. The number of nitrogens with zero attached hydrogens (tertiary/aromatic N) is 4. The number of hydrogen-bond donors (Lipinski definition) is 0. The fourth-order valence-electron chi connectivity index (χ4n) is 3.28. The van der Waals surface area contributed by atoms with E-state index in [1.54, 1.807) is 0 Å². The molecule has 118 valence electrons. The monoisotopic (exact) mass is 308 g/mol. The highest BCUT2D eigenvalue weighted by atomic mass is 16.2. The highest BCUT2D eigenvalue weighted by Gasteiger charge is 2.35. The van der Waals surface area contributed by atoms with Crippen molar-refractivity contribution >= 4 is 5.91 Å². The third-order valence-corrected chi connectivity index (χ3v) is 4.75. The number of likely N-dealkylation sites (tertiary alicyclic amines) is 1. The van der Waals surface area contributed by atoms with E-state index in [4.69, 9.17) is 0 Å². The Kier molecular flexibility index (Phi) is 3.69. The third-order valence-electron chi connectivity index (χ3n) is 4.75. The molecule has 1 fully saturated rings. The molecule has 1 saturated heterocycles. The number of carbonyl (C=O) groups excluding carboxylic acids is 1. The van der Waals surface area contributed by atoms with Gasteiger partial charge in [-0.2, -0.15) is 0 Å². The molecule has 1 aliphatic carbocycles. The summed E-state index contributed by atoms with van der Waals surface area (Å²) in [5.41, 5.74) is 1.95. The molecule has 1 atom stereocenters. The molecular weight excluding hydrogens is 288 g/mol. The Labute approximate surface area is 135 Å². The van der Waals surface area contributed by atoms with E-state index in [-0.39, 0.29) is 12.0 Å². The quantitative estimate of drug-likeness (QED) is 0.819. The summed E-state index contributed by atoms with van der Waals surface area (Å²) in [6, 6.07) is 10.3. The lowest BCUT2D eigenvalue weighted by molar-refractivity contribution is -0.141. The zero-order valence-electron chi connectivity index (χ0n) is 13.0. The number of carbonyl (C=O) groups is 1. The van der Waals surface area contributed by atoms with Crippen LogP contribution in [0.5, 0.6) is 0 Å². The van der Waals surface area contributed by atoms with Crippen LogP contribution in [0.1, 0.15) is 25.3 Å². The molecule has 0 bridgehead atoms. The standard InChI is InChI=1S/C18H20N4O/c23-18(15-9-5-2-6-10-15)21-11-16(12-21)22-13-17(19-20-22)14-7-3-1-4-8-14/h1-5,7-8,13,15-16H,6,9-12H2. The van der Waals surface area contributed by atoms with Gasteiger partial charge in [0.05, 0.1) is 12.2 Å². The van der Waals surface area contributed by atoms with Gasteiger partial charge in [0.1, 0.15) is 5.69 Å². The van der Waals surface area contributed by atoms with E-state index >= 15 is 0 Å². The van der Waals surface area contributed by atoms with Gasteiger partial charge in [-0.15, -0.1) is 5.10 Å². The van der Waals surface area contributed by atoms with Crippen molar-refractivity contribution in [3.8, 4) is 11.3 Å². The number of hydrogen-bond acceptors (Lipinski definition) is 3. The molecule has 5 nitrogen and oxygen atoms in total. The maximum absolute atomic E-state index is 12.4. The van der Waals surface area contributed by atoms with E-state index in [0.29, 0.717) is 5.91 Å². The Balaban J connectivity index is 1.38. The van der Waals surface area contributed by atoms with Gasteiger partial charge in [0, 0.05) is 24.6 Å². The molecule has 4 rings (SSSR count). The van der Waals surface area contributed by atoms with Crippen LogP contribution in [-0.4, -0.2) is 38.9 Å². The topological polar surface area (TPSA) is 51.0 Å². The Bertz CT molecular complexity index is 716. The average molecular weight is 308 g/mol. The number of rotatable bonds is 3. The van der Waals surface area contributed by atoms with Crippen LogP contribution in [0.4, 0.5) is 0 Å². The molecule has 5 heteroatoms. The molecule has 1 unspecified atom stereocenters. The van der Waals surface area contributed by atoms with Crippen LogP contribution in [0.25, 0.3) is 11.3 Å². The third kappa shape index (κ3) is 2.79. The van der Waals surface area contributed by atoms with Gasteiger partial charge in [-0.05, 0) is 19.3 Å². The minimum absolute atomic E-state index is 0.177. The molecule has 0 radical (unpaired) electrons. The van der Waals surface area contributed by atoms with E-state index in [1.807, 2.05) is 46.1 Å². The highest BCUT2D eigenvalue weighted by molar-refractivity contribution is 5.80. The van der Waals surface area contributed by atoms with E-state index in [2.05, 4.69) is 22.5 Å². The second kappa shape index (κ2) is 5.99. The first kappa shape index (κ1) is 14.2. The second-order valence-corrected chi connectivity index (χ2v) is 6.33. The average Bonchev–Trinajstić information content (AvgIpc) is 3.05. The summed E-state index contributed by atoms with van der Waals surface area (Å²) in [7, 11) is 0. The maximum atomic E-state index is 12.4. The van der Waals surface area contributed by atoms with Crippen LogP contribution in [0.2, 0.25) is 0 Å². The van der Waals surface area contributed by atoms with Crippen molar-refractivity contribution in [2.24, 2.45) is 5.92 Å². The zero-order chi connectivity index (χ0) is 15.6. The summed E-state index contributed by atoms with van der Waals surface area (Å²) in [6.45, 7) is 1.49. The van der Waals surface area contributed by atoms with Crippen LogP contribution in [-0.2, 0) is 4.79 Å². The predicted octanol–water partition coefficient (Wildman–Crippen LogP) is 2.68. The first-order valence-electron chi connectivity index (χ1n) is 8.22. The van der Waals surface area contributed by atoms with Gasteiger partial charge >= 0.3 is 0 Å². The van der Waals surface area contributed by atoms with Crippen molar-refractivity contribution in [3.05, 3.63) is 48.7 Å². The van der Waals surface area contributed by atoms with Crippen molar-refractivity contribution in [2.75, 3.05) is 13.1 Å². The van der Waals surface area contributed by atoms with Gasteiger partial charge in [0.25, 0.3) is 0 Å². The number of amides is 1. The minimum atomic E-state index is 0.177. The molecule has 1 aliphatic heterocycles. The van der Waals surface area contributed by atoms with Crippen molar-refractivity contribution < 1.29 is 4.79 Å². The molecular formula is C18H20N4O. The van der Waals surface area contributed by atoms with Gasteiger partial charge in [0.2, 0.25) is 5.91 Å². The van der Waals surface area contributed by atoms with Gasteiger partial charge < -0.3 is 4.90 Å². The Morgan fingerprint density at radius 3 is 2.70 bits per heavy atom. The van der Waals surface area contributed by atoms with E-state index < -0.39 is 0 Å². The van der Waals surface area contributed by atoms with Gasteiger partial charge in [-0.1, -0.05) is 47.7 Å². The molecule has 1 aromatic carbocycles. The summed E-state index contributed by atoms with van der Waals surface area (Å²) < 4.78 is 1.90. The Morgan fingerprint density at radius 2 is 1.96 bits per heavy atom. The molecule has 0 spiro atoms. The predicted molar refractivity (Wildman–Crippen MR) is 87.6 cm³/mol. The van der Waals surface area contributed by atoms with Crippen LogP contribution in [0.3, 0.4) is 0 Å². The van der Waals surface area contributed by atoms with Crippen molar-refractivity contribution in [2.45, 2.75) is 25.3 Å². The lowest BCUT2D eigenvalue weighted by Gasteiger charge is -2.40. The normalized spacial score (nSPS) is 21.2. The fourth-order valence-corrected chi connectivity index (χ4v) is 3.28. The van der Waals surface area contributed by atoms with Gasteiger partial charge in [-0.25, -0.2) is 4.68 Å². The highest BCUT2D eigenvalue weighted by Crippen LogP contribution is 2.28. The lowest BCUT2D eigenvalue weighted by atomic mass is 9.91. The van der Waals surface area contributed by atoms with E-state index in [9.17, 15) is 4.79 Å². The molecule has 0 N–H and O–H groups in total. The number of benzene rings is 1. The summed E-state index contributed by atoms with van der Waals surface area (Å²) in [6.07, 6.45) is 9.18. The summed E-state index contributed by atoms with van der Waals surface area (Å²) >= 11 is 0. The first-order chi connectivity index (χ1) is 11.3. The first-order valence-corrected chi connectivity index (χ1v) is 8.22.